The molecule has 1 N–H and O–H groups in total. The van der Waals surface area contributed by atoms with Gasteiger partial charge in [-0.05, 0) is 44.0 Å². The molecule has 2 heterocycles. The molecule has 1 unspecified atom stereocenters. The average molecular weight is 433 g/mol. The maximum Gasteiger partial charge on any atom is 0.293 e. The fourth-order valence-corrected chi connectivity index (χ4v) is 6.03. The van der Waals surface area contributed by atoms with Crippen LogP contribution >= 0.6 is 11.3 Å². The topological polar surface area (TPSA) is 92.3 Å². The summed E-state index contributed by atoms with van der Waals surface area (Å²) in [5.74, 6) is -1.40. The molecule has 0 aliphatic carbocycles. The number of nitrogens with one attached hydrogen (secondary N) is 1. The number of aryl methyl sites for hydroxylation is 1. The highest BCUT2D eigenvalue weighted by molar-refractivity contribution is 7.94. The summed E-state index contributed by atoms with van der Waals surface area (Å²) in [5.41, 5.74) is 2.47. The van der Waals surface area contributed by atoms with Gasteiger partial charge in [0, 0.05) is 6.04 Å². The van der Waals surface area contributed by atoms with Gasteiger partial charge in [-0.3, -0.25) is 14.4 Å². The molecular formula is C19H17FN4O3S2. The molecule has 1 aromatic heterocycles. The molecule has 1 atom stereocenters. The standard InChI is InChI=1S/C19H17FN4O3S2/c1-11-7-8-16-13(9-11)10-12(2)24(16)29(26,27)19-23-22-18(28-19)21-17(25)14-5-3-4-6-15(14)20/h3-9,12H,10H2,1-2H3,(H,21,22,25). The summed E-state index contributed by atoms with van der Waals surface area (Å²) < 4.78 is 41.2. The van der Waals surface area contributed by atoms with E-state index in [4.69, 9.17) is 0 Å². The van der Waals surface area contributed by atoms with Crippen LogP contribution in [0.5, 0.6) is 0 Å². The Kier molecular flexibility index (Phi) is 4.83. The SMILES string of the molecule is Cc1ccc2c(c1)CC(C)N2S(=O)(=O)c1nnc(NC(=O)c2ccccc2F)s1. The monoisotopic (exact) mass is 432 g/mol. The Labute approximate surface area is 171 Å². The van der Waals surface area contributed by atoms with Crippen LogP contribution in [0.4, 0.5) is 15.2 Å². The quantitative estimate of drug-likeness (QED) is 0.638. The molecule has 10 heteroatoms. The largest absolute Gasteiger partial charge is 0.296 e. The molecule has 0 spiro atoms. The number of sulfonamides is 1. The van der Waals surface area contributed by atoms with E-state index in [1.165, 1.54) is 28.6 Å². The number of carbonyl (C=O) groups excluding carboxylic acids is 1. The minimum absolute atomic E-state index is 0.0205. The van der Waals surface area contributed by atoms with E-state index in [-0.39, 0.29) is 21.1 Å². The summed E-state index contributed by atoms with van der Waals surface area (Å²) >= 11 is 0.729. The summed E-state index contributed by atoms with van der Waals surface area (Å²) in [6, 6.07) is 10.8. The molecule has 0 fully saturated rings. The lowest BCUT2D eigenvalue weighted by Gasteiger charge is -2.22. The Balaban J connectivity index is 1.61. The Morgan fingerprint density at radius 1 is 1.24 bits per heavy atom. The number of hydrogen-bond acceptors (Lipinski definition) is 6. The third-order valence-corrected chi connectivity index (χ3v) is 7.73. The highest BCUT2D eigenvalue weighted by Crippen LogP contribution is 2.38. The number of carbonyl (C=O) groups is 1. The van der Waals surface area contributed by atoms with Gasteiger partial charge in [-0.2, -0.15) is 8.42 Å². The van der Waals surface area contributed by atoms with Gasteiger partial charge >= 0.3 is 0 Å². The van der Waals surface area contributed by atoms with Crippen molar-refractivity contribution in [3.8, 4) is 0 Å². The first-order chi connectivity index (χ1) is 13.8. The first kappa shape index (κ1) is 19.5. The number of fused-ring (bicyclic) bond motifs is 1. The predicted molar refractivity (Wildman–Crippen MR) is 108 cm³/mol. The van der Waals surface area contributed by atoms with Gasteiger partial charge in [0.1, 0.15) is 5.82 Å². The molecule has 0 bridgehead atoms. The Morgan fingerprint density at radius 2 is 2.00 bits per heavy atom. The molecule has 3 aromatic rings. The van der Waals surface area contributed by atoms with Gasteiger partial charge < -0.3 is 0 Å². The fraction of sp³-hybridized carbons (Fsp3) is 0.211. The van der Waals surface area contributed by atoms with Crippen LogP contribution in [-0.4, -0.2) is 30.6 Å². The van der Waals surface area contributed by atoms with Gasteiger partial charge in [-0.1, -0.05) is 41.2 Å². The molecule has 0 saturated carbocycles. The maximum atomic E-state index is 13.8. The summed E-state index contributed by atoms with van der Waals surface area (Å²) in [7, 11) is -3.95. The lowest BCUT2D eigenvalue weighted by molar-refractivity contribution is 0.102. The van der Waals surface area contributed by atoms with Gasteiger partial charge in [-0.15, -0.1) is 10.2 Å². The first-order valence-corrected chi connectivity index (χ1v) is 11.1. The first-order valence-electron chi connectivity index (χ1n) is 8.80. The van der Waals surface area contributed by atoms with Crippen LogP contribution in [0.1, 0.15) is 28.4 Å². The third kappa shape index (κ3) is 3.49. The van der Waals surface area contributed by atoms with Crippen molar-refractivity contribution in [2.75, 3.05) is 9.62 Å². The molecule has 7 nitrogen and oxygen atoms in total. The van der Waals surface area contributed by atoms with Crippen molar-refractivity contribution in [2.24, 2.45) is 0 Å². The minimum atomic E-state index is -3.95. The molecule has 1 amide bonds. The van der Waals surface area contributed by atoms with Crippen LogP contribution in [0.15, 0.2) is 46.8 Å². The van der Waals surface area contributed by atoms with E-state index >= 15 is 0 Å². The van der Waals surface area contributed by atoms with E-state index in [2.05, 4.69) is 15.5 Å². The summed E-state index contributed by atoms with van der Waals surface area (Å²) in [6.07, 6.45) is 0.603. The summed E-state index contributed by atoms with van der Waals surface area (Å²) in [5, 5.41) is 9.89. The number of halogens is 1. The zero-order valence-electron chi connectivity index (χ0n) is 15.6. The number of anilines is 2. The molecule has 0 saturated heterocycles. The predicted octanol–water partition coefficient (Wildman–Crippen LogP) is 3.38. The second kappa shape index (κ2) is 7.20. The van der Waals surface area contributed by atoms with Crippen LogP contribution in [0.3, 0.4) is 0 Å². The van der Waals surface area contributed by atoms with E-state index in [1.54, 1.807) is 6.07 Å². The second-order valence-corrected chi connectivity index (χ2v) is 9.76. The van der Waals surface area contributed by atoms with Crippen molar-refractivity contribution in [3.63, 3.8) is 0 Å². The molecule has 4 rings (SSSR count). The van der Waals surface area contributed by atoms with Crippen molar-refractivity contribution < 1.29 is 17.6 Å². The van der Waals surface area contributed by atoms with Crippen LogP contribution < -0.4 is 9.62 Å². The number of aromatic nitrogens is 2. The van der Waals surface area contributed by atoms with Crippen molar-refractivity contribution in [1.29, 1.82) is 0 Å². The lowest BCUT2D eigenvalue weighted by atomic mass is 10.1. The zero-order valence-corrected chi connectivity index (χ0v) is 17.2. The molecule has 150 valence electrons. The zero-order chi connectivity index (χ0) is 20.8. The molecular weight excluding hydrogens is 415 g/mol. The van der Waals surface area contributed by atoms with Crippen LogP contribution in [0.25, 0.3) is 0 Å². The van der Waals surface area contributed by atoms with Gasteiger partial charge in [0.05, 0.1) is 11.3 Å². The smallest absolute Gasteiger partial charge is 0.293 e. The van der Waals surface area contributed by atoms with Gasteiger partial charge in [-0.25, -0.2) is 4.39 Å². The number of rotatable bonds is 4. The highest BCUT2D eigenvalue weighted by atomic mass is 32.2. The Hall–Kier alpha value is -2.85. The van der Waals surface area contributed by atoms with Crippen molar-refractivity contribution in [1.82, 2.24) is 10.2 Å². The normalized spacial score (nSPS) is 16.0. The maximum absolute atomic E-state index is 13.8. The van der Waals surface area contributed by atoms with Crippen molar-refractivity contribution >= 4 is 38.1 Å². The van der Waals surface area contributed by atoms with E-state index in [1.807, 2.05) is 26.0 Å². The number of nitrogens with zero attached hydrogens (tertiary/aromatic N) is 3. The summed E-state index contributed by atoms with van der Waals surface area (Å²) in [6.45, 7) is 3.78. The van der Waals surface area contributed by atoms with E-state index in [0.29, 0.717) is 12.1 Å². The highest BCUT2D eigenvalue weighted by Gasteiger charge is 2.38. The van der Waals surface area contributed by atoms with Gasteiger partial charge in [0.2, 0.25) is 5.13 Å². The van der Waals surface area contributed by atoms with Crippen LogP contribution in [0, 0.1) is 12.7 Å². The molecule has 1 aliphatic rings. The van der Waals surface area contributed by atoms with E-state index in [9.17, 15) is 17.6 Å². The lowest BCUT2D eigenvalue weighted by Crippen LogP contribution is -2.35. The number of hydrogen-bond donors (Lipinski definition) is 1. The second-order valence-electron chi connectivity index (χ2n) is 6.79. The van der Waals surface area contributed by atoms with Crippen LogP contribution in [-0.2, 0) is 16.4 Å². The van der Waals surface area contributed by atoms with Gasteiger partial charge in [0.15, 0.2) is 0 Å². The third-order valence-electron chi connectivity index (χ3n) is 4.61. The molecule has 1 aliphatic heterocycles. The molecule has 2 aromatic carbocycles. The van der Waals surface area contributed by atoms with Crippen molar-refractivity contribution in [2.45, 2.75) is 30.6 Å². The van der Waals surface area contributed by atoms with E-state index in [0.717, 1.165) is 22.5 Å². The summed E-state index contributed by atoms with van der Waals surface area (Å²) in [4.78, 5) is 12.2. The fourth-order valence-electron chi connectivity index (χ4n) is 3.36. The van der Waals surface area contributed by atoms with Gasteiger partial charge in [0.25, 0.3) is 20.3 Å². The van der Waals surface area contributed by atoms with Crippen molar-refractivity contribution in [3.05, 3.63) is 65.0 Å². The molecule has 29 heavy (non-hydrogen) atoms. The Morgan fingerprint density at radius 3 is 2.76 bits per heavy atom. The number of amides is 1. The molecule has 0 radical (unpaired) electrons. The Bertz CT molecular complexity index is 1210. The van der Waals surface area contributed by atoms with E-state index < -0.39 is 21.7 Å². The van der Waals surface area contributed by atoms with Crippen LogP contribution in [0.2, 0.25) is 0 Å². The average Bonchev–Trinajstić information content (AvgIpc) is 3.25. The number of benzene rings is 2. The minimum Gasteiger partial charge on any atom is -0.296 e.